The number of aromatic nitrogens is 2. The van der Waals surface area contributed by atoms with E-state index >= 15 is 0 Å². The van der Waals surface area contributed by atoms with E-state index in [0.717, 1.165) is 54.6 Å². The van der Waals surface area contributed by atoms with Gasteiger partial charge in [0.2, 0.25) is 0 Å². The van der Waals surface area contributed by atoms with Gasteiger partial charge in [0, 0.05) is 19.7 Å². The number of para-hydroxylation sites is 2. The van der Waals surface area contributed by atoms with Crippen molar-refractivity contribution in [1.82, 2.24) is 9.38 Å². The van der Waals surface area contributed by atoms with Crippen LogP contribution in [0.15, 0.2) is 24.3 Å². The van der Waals surface area contributed by atoms with Crippen LogP contribution in [0.3, 0.4) is 0 Å². The highest BCUT2D eigenvalue weighted by Gasteiger charge is 2.55. The molecule has 3 heterocycles. The lowest BCUT2D eigenvalue weighted by molar-refractivity contribution is 0.260. The lowest BCUT2D eigenvalue weighted by atomic mass is 10.1. The number of aliphatic hydroxyl groups is 1. The number of benzene rings is 1. The fourth-order valence-electron chi connectivity index (χ4n) is 5.49. The SMILES string of the molecule is N#Cc1c2c(c(N3C[C@H]4C(CO)[C@@H]4C3)n3c1nc1ccccc13)CCC2. The summed E-state index contributed by atoms with van der Waals surface area (Å²) in [5.74, 6) is 2.99. The molecule has 0 unspecified atom stereocenters. The molecule has 3 aliphatic rings. The number of nitrogens with zero attached hydrogens (tertiary/aromatic N) is 4. The summed E-state index contributed by atoms with van der Waals surface area (Å²) in [6.45, 7) is 2.34. The van der Waals surface area contributed by atoms with E-state index in [0.29, 0.717) is 24.4 Å². The molecule has 1 N–H and O–H groups in total. The summed E-state index contributed by atoms with van der Waals surface area (Å²) in [6, 6.07) is 10.6. The summed E-state index contributed by atoms with van der Waals surface area (Å²) in [7, 11) is 0. The predicted molar refractivity (Wildman–Crippen MR) is 99.2 cm³/mol. The van der Waals surface area contributed by atoms with E-state index in [4.69, 9.17) is 4.98 Å². The first-order valence-corrected chi connectivity index (χ1v) is 9.52. The molecule has 1 aliphatic heterocycles. The Morgan fingerprint density at radius 2 is 1.92 bits per heavy atom. The van der Waals surface area contributed by atoms with Crippen molar-refractivity contribution in [3.63, 3.8) is 0 Å². The molecule has 1 saturated carbocycles. The lowest BCUT2D eigenvalue weighted by Gasteiger charge is -2.26. The van der Waals surface area contributed by atoms with Gasteiger partial charge in [-0.2, -0.15) is 5.26 Å². The van der Waals surface area contributed by atoms with Crippen molar-refractivity contribution in [1.29, 1.82) is 5.26 Å². The maximum atomic E-state index is 9.85. The number of piperidine rings is 1. The van der Waals surface area contributed by atoms with E-state index in [9.17, 15) is 10.4 Å². The monoisotopic (exact) mass is 344 g/mol. The van der Waals surface area contributed by atoms with Crippen molar-refractivity contribution in [2.45, 2.75) is 19.3 Å². The zero-order valence-electron chi connectivity index (χ0n) is 14.5. The molecule has 2 atom stereocenters. The summed E-state index contributed by atoms with van der Waals surface area (Å²) < 4.78 is 2.23. The first-order valence-electron chi connectivity index (χ1n) is 9.52. The zero-order valence-corrected chi connectivity index (χ0v) is 14.5. The number of anilines is 1. The summed E-state index contributed by atoms with van der Waals surface area (Å²) in [5, 5.41) is 19.4. The van der Waals surface area contributed by atoms with Crippen LogP contribution in [0, 0.1) is 29.1 Å². The van der Waals surface area contributed by atoms with Gasteiger partial charge in [0.1, 0.15) is 11.9 Å². The van der Waals surface area contributed by atoms with Gasteiger partial charge in [-0.3, -0.25) is 4.40 Å². The number of hydrogen-bond donors (Lipinski definition) is 1. The van der Waals surface area contributed by atoms with E-state index in [-0.39, 0.29) is 0 Å². The number of pyridine rings is 1. The minimum atomic E-state index is 0.318. The van der Waals surface area contributed by atoms with Crippen molar-refractivity contribution in [3.8, 4) is 6.07 Å². The maximum Gasteiger partial charge on any atom is 0.157 e. The Kier molecular flexibility index (Phi) is 2.80. The molecule has 0 radical (unpaired) electrons. The summed E-state index contributed by atoms with van der Waals surface area (Å²) in [5.41, 5.74) is 6.16. The van der Waals surface area contributed by atoms with Crippen molar-refractivity contribution in [3.05, 3.63) is 41.0 Å². The molecule has 1 aromatic carbocycles. The van der Waals surface area contributed by atoms with E-state index < -0.39 is 0 Å². The van der Waals surface area contributed by atoms with Gasteiger partial charge in [-0.1, -0.05) is 12.1 Å². The van der Waals surface area contributed by atoms with Crippen molar-refractivity contribution < 1.29 is 5.11 Å². The molecule has 6 rings (SSSR count). The fourth-order valence-corrected chi connectivity index (χ4v) is 5.49. The average molecular weight is 344 g/mol. The van der Waals surface area contributed by atoms with Crippen LogP contribution >= 0.6 is 0 Å². The quantitative estimate of drug-likeness (QED) is 0.776. The normalized spacial score (nSPS) is 26.3. The van der Waals surface area contributed by atoms with E-state index in [1.807, 2.05) is 18.2 Å². The van der Waals surface area contributed by atoms with Gasteiger partial charge < -0.3 is 10.0 Å². The molecule has 2 fully saturated rings. The number of nitriles is 1. The van der Waals surface area contributed by atoms with Gasteiger partial charge in [0.05, 0.1) is 16.6 Å². The number of imidazole rings is 1. The minimum Gasteiger partial charge on any atom is -0.396 e. The highest BCUT2D eigenvalue weighted by molar-refractivity contribution is 5.86. The van der Waals surface area contributed by atoms with Crippen LogP contribution in [0.5, 0.6) is 0 Å². The van der Waals surface area contributed by atoms with Gasteiger partial charge in [-0.25, -0.2) is 4.98 Å². The predicted octanol–water partition coefficient (Wildman–Crippen LogP) is 2.52. The topological polar surface area (TPSA) is 64.6 Å². The van der Waals surface area contributed by atoms with Crippen molar-refractivity contribution in [2.24, 2.45) is 17.8 Å². The molecular formula is C21H20N4O. The molecule has 0 amide bonds. The van der Waals surface area contributed by atoms with E-state index in [1.54, 1.807) is 0 Å². The Bertz CT molecular complexity index is 1100. The molecule has 3 aromatic rings. The third kappa shape index (κ3) is 1.70. The lowest BCUT2D eigenvalue weighted by Crippen LogP contribution is -2.28. The highest BCUT2D eigenvalue weighted by Crippen LogP contribution is 2.53. The molecule has 1 saturated heterocycles. The average Bonchev–Trinajstić information content (AvgIpc) is 3.12. The van der Waals surface area contributed by atoms with Crippen LogP contribution in [-0.2, 0) is 12.8 Å². The fraction of sp³-hybridized carbons (Fsp3) is 0.429. The number of hydrogen-bond acceptors (Lipinski definition) is 4. The standard InChI is InChI=1S/C21H20N4O/c22-8-14-12-4-3-5-13(12)21(24-9-15-16(10-24)17(15)11-26)25-19-7-2-1-6-18(19)23-20(14)25/h1-2,6-7,15-17,26H,3-5,9-11H2/t15-,16-/m1/s1. The second-order valence-electron chi connectivity index (χ2n) is 7.96. The van der Waals surface area contributed by atoms with E-state index in [2.05, 4.69) is 21.4 Å². The van der Waals surface area contributed by atoms with E-state index in [1.165, 1.54) is 16.9 Å². The van der Waals surface area contributed by atoms with Crippen molar-refractivity contribution in [2.75, 3.05) is 24.6 Å². The van der Waals surface area contributed by atoms with Crippen LogP contribution in [0.2, 0.25) is 0 Å². The Morgan fingerprint density at radius 3 is 2.69 bits per heavy atom. The molecule has 26 heavy (non-hydrogen) atoms. The zero-order chi connectivity index (χ0) is 17.4. The second-order valence-corrected chi connectivity index (χ2v) is 7.96. The number of rotatable bonds is 2. The molecule has 2 aliphatic carbocycles. The molecule has 130 valence electrons. The molecule has 5 nitrogen and oxygen atoms in total. The van der Waals surface area contributed by atoms with Gasteiger partial charge in [0.15, 0.2) is 5.65 Å². The van der Waals surface area contributed by atoms with Crippen molar-refractivity contribution >= 4 is 22.5 Å². The Labute approximate surface area is 151 Å². The third-order valence-corrected chi connectivity index (χ3v) is 6.78. The van der Waals surface area contributed by atoms with Crippen LogP contribution in [-0.4, -0.2) is 34.2 Å². The Balaban J connectivity index is 1.64. The molecule has 0 spiro atoms. The van der Waals surface area contributed by atoms with Gasteiger partial charge >= 0.3 is 0 Å². The van der Waals surface area contributed by atoms with Gasteiger partial charge in [-0.05, 0) is 60.3 Å². The Hall–Kier alpha value is -2.58. The first-order chi connectivity index (χ1) is 12.8. The van der Waals surface area contributed by atoms with Gasteiger partial charge in [-0.15, -0.1) is 0 Å². The molecule has 5 heteroatoms. The second kappa shape index (κ2) is 4.99. The maximum absolute atomic E-state index is 9.85. The van der Waals surface area contributed by atoms with Crippen LogP contribution in [0.4, 0.5) is 5.82 Å². The smallest absolute Gasteiger partial charge is 0.157 e. The largest absolute Gasteiger partial charge is 0.396 e. The minimum absolute atomic E-state index is 0.318. The van der Waals surface area contributed by atoms with Crippen LogP contribution < -0.4 is 4.90 Å². The highest BCUT2D eigenvalue weighted by atomic mass is 16.3. The molecule has 2 aromatic heterocycles. The summed E-state index contributed by atoms with van der Waals surface area (Å²) in [6.07, 6.45) is 3.13. The number of aliphatic hydroxyl groups excluding tert-OH is 1. The number of fused-ring (bicyclic) bond motifs is 5. The molecular weight excluding hydrogens is 324 g/mol. The van der Waals surface area contributed by atoms with Crippen LogP contribution in [0.1, 0.15) is 23.1 Å². The molecule has 0 bridgehead atoms. The summed E-state index contributed by atoms with van der Waals surface area (Å²) in [4.78, 5) is 7.32. The third-order valence-electron chi connectivity index (χ3n) is 6.78. The summed E-state index contributed by atoms with van der Waals surface area (Å²) >= 11 is 0. The first kappa shape index (κ1) is 14.6. The van der Waals surface area contributed by atoms with Crippen LogP contribution in [0.25, 0.3) is 16.7 Å². The van der Waals surface area contributed by atoms with Gasteiger partial charge in [0.25, 0.3) is 0 Å². The Morgan fingerprint density at radius 1 is 1.15 bits per heavy atom.